The lowest BCUT2D eigenvalue weighted by Crippen LogP contribution is -1.88. The van der Waals surface area contributed by atoms with Crippen LogP contribution in [0.4, 0.5) is 0 Å². The van der Waals surface area contributed by atoms with Crippen molar-refractivity contribution in [3.05, 3.63) is 54.6 Å². The molecule has 0 aromatic heterocycles. The zero-order chi connectivity index (χ0) is 11.7. The Kier molecular flexibility index (Phi) is 2.26. The van der Waals surface area contributed by atoms with Gasteiger partial charge in [-0.25, -0.2) is 0 Å². The van der Waals surface area contributed by atoms with Crippen molar-refractivity contribution in [2.45, 2.75) is 0 Å². The van der Waals surface area contributed by atoms with Gasteiger partial charge in [0.2, 0.25) is 0 Å². The van der Waals surface area contributed by atoms with Crippen LogP contribution in [0, 0.1) is 0 Å². The molecule has 0 unspecified atom stereocenters. The molecule has 0 aliphatic carbocycles. The Balaban J connectivity index is 2.38. The van der Waals surface area contributed by atoms with Gasteiger partial charge in [-0.1, -0.05) is 42.5 Å². The number of hydrogen-bond acceptors (Lipinski definition) is 2. The minimum Gasteiger partial charge on any atom is -0.429 e. The van der Waals surface area contributed by atoms with Gasteiger partial charge in [-0.3, -0.25) is 4.79 Å². The molecule has 0 spiro atoms. The lowest BCUT2D eigenvalue weighted by molar-refractivity contribution is -0.120. The largest absolute Gasteiger partial charge is 0.429 e. The summed E-state index contributed by atoms with van der Waals surface area (Å²) in [6, 6.07) is 18.0. The molecule has 3 rings (SSSR count). The van der Waals surface area contributed by atoms with Crippen LogP contribution in [0.5, 0.6) is 5.75 Å². The third kappa shape index (κ3) is 1.64. The van der Waals surface area contributed by atoms with Gasteiger partial charge in [0.25, 0.3) is 6.47 Å². The van der Waals surface area contributed by atoms with E-state index in [0.717, 1.165) is 10.8 Å². The molecule has 0 fully saturated rings. The number of carbonyl (C=O) groups is 1. The van der Waals surface area contributed by atoms with Gasteiger partial charge in [-0.05, 0) is 33.7 Å². The van der Waals surface area contributed by atoms with Gasteiger partial charge < -0.3 is 4.74 Å². The standard InChI is InChI=1S/C15H10O2/c16-10-17-13-8-7-12-6-5-11-3-1-2-4-14(11)15(12)9-13/h1-10H. The molecule has 82 valence electrons. The van der Waals surface area contributed by atoms with Crippen molar-refractivity contribution in [1.29, 1.82) is 0 Å². The smallest absolute Gasteiger partial charge is 0.298 e. The predicted molar refractivity (Wildman–Crippen MR) is 68.1 cm³/mol. The number of fused-ring (bicyclic) bond motifs is 3. The van der Waals surface area contributed by atoms with Crippen LogP contribution < -0.4 is 4.74 Å². The molecule has 17 heavy (non-hydrogen) atoms. The highest BCUT2D eigenvalue weighted by Crippen LogP contribution is 2.28. The first-order chi connectivity index (χ1) is 8.38. The minimum atomic E-state index is 0.451. The molecule has 0 heterocycles. The monoisotopic (exact) mass is 222 g/mol. The van der Waals surface area contributed by atoms with Crippen molar-refractivity contribution in [2.75, 3.05) is 0 Å². The number of rotatable bonds is 2. The summed E-state index contributed by atoms with van der Waals surface area (Å²) in [7, 11) is 0. The highest BCUT2D eigenvalue weighted by molar-refractivity contribution is 6.07. The summed E-state index contributed by atoms with van der Waals surface area (Å²) in [4.78, 5) is 10.4. The molecule has 0 amide bonds. The second kappa shape index (κ2) is 3.91. The highest BCUT2D eigenvalue weighted by Gasteiger charge is 2.01. The van der Waals surface area contributed by atoms with Gasteiger partial charge in [-0.15, -0.1) is 0 Å². The molecular weight excluding hydrogens is 212 g/mol. The van der Waals surface area contributed by atoms with Crippen molar-refractivity contribution in [3.8, 4) is 5.75 Å². The van der Waals surface area contributed by atoms with Crippen LogP contribution in [0.1, 0.15) is 0 Å². The van der Waals surface area contributed by atoms with E-state index >= 15 is 0 Å². The second-order valence-corrected chi connectivity index (χ2v) is 3.88. The Bertz CT molecular complexity index is 701. The van der Waals surface area contributed by atoms with E-state index in [9.17, 15) is 4.79 Å². The number of ether oxygens (including phenoxy) is 1. The van der Waals surface area contributed by atoms with Crippen LogP contribution >= 0.6 is 0 Å². The van der Waals surface area contributed by atoms with Gasteiger partial charge in [0.15, 0.2) is 0 Å². The Labute approximate surface area is 98.4 Å². The Hall–Kier alpha value is -2.35. The first-order valence-corrected chi connectivity index (χ1v) is 5.40. The Morgan fingerprint density at radius 1 is 0.824 bits per heavy atom. The molecule has 3 aromatic carbocycles. The SMILES string of the molecule is O=COc1ccc2ccc3ccccc3c2c1. The molecule has 0 bridgehead atoms. The summed E-state index contributed by atoms with van der Waals surface area (Å²) in [5.74, 6) is 0.573. The maximum atomic E-state index is 10.4. The second-order valence-electron chi connectivity index (χ2n) is 3.88. The van der Waals surface area contributed by atoms with Crippen LogP contribution in [0.15, 0.2) is 54.6 Å². The molecule has 0 saturated heterocycles. The first-order valence-electron chi connectivity index (χ1n) is 5.40. The number of hydrogen-bond donors (Lipinski definition) is 0. The fourth-order valence-electron chi connectivity index (χ4n) is 2.11. The fraction of sp³-hybridized carbons (Fsp3) is 0. The van der Waals surface area contributed by atoms with Crippen LogP contribution in [0.25, 0.3) is 21.5 Å². The van der Waals surface area contributed by atoms with E-state index in [2.05, 4.69) is 24.3 Å². The van der Waals surface area contributed by atoms with Gasteiger partial charge in [-0.2, -0.15) is 0 Å². The maximum absolute atomic E-state index is 10.4. The lowest BCUT2D eigenvalue weighted by atomic mass is 10.0. The van der Waals surface area contributed by atoms with E-state index in [1.54, 1.807) is 6.07 Å². The van der Waals surface area contributed by atoms with Crippen LogP contribution in [0.2, 0.25) is 0 Å². The minimum absolute atomic E-state index is 0.451. The van der Waals surface area contributed by atoms with E-state index in [0.29, 0.717) is 12.2 Å². The molecule has 0 saturated carbocycles. The van der Waals surface area contributed by atoms with E-state index < -0.39 is 0 Å². The maximum Gasteiger partial charge on any atom is 0.298 e. The van der Waals surface area contributed by atoms with Crippen LogP contribution in [0.3, 0.4) is 0 Å². The van der Waals surface area contributed by atoms with Gasteiger partial charge in [0, 0.05) is 0 Å². The molecule has 3 aromatic rings. The topological polar surface area (TPSA) is 26.3 Å². The van der Waals surface area contributed by atoms with E-state index in [1.165, 1.54) is 10.8 Å². The van der Waals surface area contributed by atoms with E-state index in [4.69, 9.17) is 4.74 Å². The molecule has 0 aliphatic heterocycles. The zero-order valence-electron chi connectivity index (χ0n) is 9.09. The molecule has 2 nitrogen and oxygen atoms in total. The summed E-state index contributed by atoms with van der Waals surface area (Å²) in [6.45, 7) is 0.451. The van der Waals surface area contributed by atoms with Crippen molar-refractivity contribution in [1.82, 2.24) is 0 Å². The van der Waals surface area contributed by atoms with Crippen molar-refractivity contribution in [3.63, 3.8) is 0 Å². The first kappa shape index (κ1) is 9.85. The molecule has 0 aliphatic rings. The van der Waals surface area contributed by atoms with Gasteiger partial charge in [0.1, 0.15) is 5.75 Å². The average Bonchev–Trinajstić information content (AvgIpc) is 2.39. The quantitative estimate of drug-likeness (QED) is 0.489. The Morgan fingerprint density at radius 2 is 1.53 bits per heavy atom. The van der Waals surface area contributed by atoms with Gasteiger partial charge in [0.05, 0.1) is 0 Å². The van der Waals surface area contributed by atoms with E-state index in [-0.39, 0.29) is 0 Å². The molecule has 2 heteroatoms. The summed E-state index contributed by atoms with van der Waals surface area (Å²) < 4.78 is 4.88. The predicted octanol–water partition coefficient (Wildman–Crippen LogP) is 3.53. The summed E-state index contributed by atoms with van der Waals surface area (Å²) in [5, 5.41) is 4.59. The summed E-state index contributed by atoms with van der Waals surface area (Å²) in [6.07, 6.45) is 0. The highest BCUT2D eigenvalue weighted by atomic mass is 16.5. The number of benzene rings is 3. The van der Waals surface area contributed by atoms with Gasteiger partial charge >= 0.3 is 0 Å². The zero-order valence-corrected chi connectivity index (χ0v) is 9.09. The number of carbonyl (C=O) groups excluding carboxylic acids is 1. The van der Waals surface area contributed by atoms with Crippen molar-refractivity contribution in [2.24, 2.45) is 0 Å². The molecule has 0 N–H and O–H groups in total. The van der Waals surface area contributed by atoms with Crippen LogP contribution in [-0.4, -0.2) is 6.47 Å². The third-order valence-corrected chi connectivity index (χ3v) is 2.90. The van der Waals surface area contributed by atoms with E-state index in [1.807, 2.05) is 24.3 Å². The summed E-state index contributed by atoms with van der Waals surface area (Å²) >= 11 is 0. The van der Waals surface area contributed by atoms with Crippen molar-refractivity contribution < 1.29 is 9.53 Å². The third-order valence-electron chi connectivity index (χ3n) is 2.90. The fourth-order valence-corrected chi connectivity index (χ4v) is 2.11. The molecular formula is C15H10O2. The molecule has 0 atom stereocenters. The lowest BCUT2D eigenvalue weighted by Gasteiger charge is -2.05. The normalized spacial score (nSPS) is 10.6. The average molecular weight is 222 g/mol. The molecule has 0 radical (unpaired) electrons. The summed E-state index contributed by atoms with van der Waals surface area (Å²) in [5.41, 5.74) is 0. The van der Waals surface area contributed by atoms with Crippen molar-refractivity contribution >= 4 is 28.0 Å². The Morgan fingerprint density at radius 3 is 2.35 bits per heavy atom. The van der Waals surface area contributed by atoms with Crippen LogP contribution in [-0.2, 0) is 4.79 Å².